The highest BCUT2D eigenvalue weighted by Crippen LogP contribution is 2.05. The van der Waals surface area contributed by atoms with Gasteiger partial charge < -0.3 is 14.5 Å². The average molecular weight is 315 g/mol. The quantitative estimate of drug-likeness (QED) is 0.696. The molecule has 21 heavy (non-hydrogen) atoms. The molecular weight excluding hydrogens is 294 g/mol. The van der Waals surface area contributed by atoms with Crippen LogP contribution in [0.5, 0.6) is 5.75 Å². The van der Waals surface area contributed by atoms with Crippen molar-refractivity contribution in [2.45, 2.75) is 32.4 Å². The molecule has 0 spiro atoms. The van der Waals surface area contributed by atoms with Crippen molar-refractivity contribution in [1.82, 2.24) is 4.98 Å². The van der Waals surface area contributed by atoms with E-state index in [2.05, 4.69) is 4.98 Å². The lowest BCUT2D eigenvalue weighted by Crippen LogP contribution is -2.17. The number of esters is 1. The van der Waals surface area contributed by atoms with Crippen molar-refractivity contribution >= 4 is 16.8 Å². The van der Waals surface area contributed by atoms with Crippen LogP contribution in [0, 0.1) is 0 Å². The zero-order valence-corrected chi connectivity index (χ0v) is 13.2. The number of ether oxygens (including phenoxy) is 2. The molecule has 118 valence electrons. The van der Waals surface area contributed by atoms with E-state index in [9.17, 15) is 13.8 Å². The number of H-pyrrole nitrogens is 1. The zero-order valence-electron chi connectivity index (χ0n) is 12.3. The summed E-state index contributed by atoms with van der Waals surface area (Å²) in [4.78, 5) is 26.0. The number of aromatic nitrogens is 1. The standard InChI is InChI=1S/C14H21NO5S/c1-3-5-19-13-8-15-11(7-12(13)16)9-21(18)10-14(17)20-6-4-2/h7-8H,3-6,9-10H2,1-2H3,(H,15,16). The average Bonchev–Trinajstić information content (AvgIpc) is 2.44. The fourth-order valence-corrected chi connectivity index (χ4v) is 2.48. The van der Waals surface area contributed by atoms with Gasteiger partial charge in [-0.15, -0.1) is 0 Å². The van der Waals surface area contributed by atoms with Crippen molar-refractivity contribution in [3.05, 3.63) is 28.2 Å². The second-order valence-electron chi connectivity index (χ2n) is 4.48. The number of pyridine rings is 1. The minimum absolute atomic E-state index is 0.102. The first kappa shape index (κ1) is 17.4. The van der Waals surface area contributed by atoms with Crippen LogP contribution in [-0.2, 0) is 26.1 Å². The van der Waals surface area contributed by atoms with Gasteiger partial charge in [0, 0.05) is 28.8 Å². The summed E-state index contributed by atoms with van der Waals surface area (Å²) in [6.45, 7) is 4.63. The van der Waals surface area contributed by atoms with E-state index in [4.69, 9.17) is 9.47 Å². The smallest absolute Gasteiger partial charge is 0.318 e. The molecule has 1 N–H and O–H groups in total. The first-order valence-corrected chi connectivity index (χ1v) is 8.40. The van der Waals surface area contributed by atoms with Crippen LogP contribution in [0.4, 0.5) is 0 Å². The van der Waals surface area contributed by atoms with Gasteiger partial charge in [0.05, 0.1) is 19.0 Å². The van der Waals surface area contributed by atoms with E-state index in [0.717, 1.165) is 12.8 Å². The molecule has 0 saturated carbocycles. The summed E-state index contributed by atoms with van der Waals surface area (Å²) in [6.07, 6.45) is 3.00. The largest absolute Gasteiger partial charge is 0.488 e. The number of carbonyl (C=O) groups is 1. The first-order chi connectivity index (χ1) is 10.1. The third-order valence-electron chi connectivity index (χ3n) is 2.46. The molecule has 7 heteroatoms. The SMILES string of the molecule is CCCOC(=O)CS(=O)Cc1cc(=O)c(OCCC)c[nH]1. The molecule has 1 aromatic rings. The van der Waals surface area contributed by atoms with Crippen molar-refractivity contribution in [3.63, 3.8) is 0 Å². The predicted molar refractivity (Wildman–Crippen MR) is 80.8 cm³/mol. The van der Waals surface area contributed by atoms with Gasteiger partial charge in [-0.05, 0) is 12.8 Å². The predicted octanol–water partition coefficient (Wildman–Crippen LogP) is 1.37. The summed E-state index contributed by atoms with van der Waals surface area (Å²) in [7, 11) is -1.41. The molecule has 0 bridgehead atoms. The van der Waals surface area contributed by atoms with E-state index in [1.807, 2.05) is 13.8 Å². The molecule has 0 aliphatic heterocycles. The van der Waals surface area contributed by atoms with Crippen LogP contribution in [0.1, 0.15) is 32.4 Å². The Kier molecular flexibility index (Phi) is 7.74. The van der Waals surface area contributed by atoms with E-state index in [-0.39, 0.29) is 22.7 Å². The highest BCUT2D eigenvalue weighted by molar-refractivity contribution is 7.84. The Hall–Kier alpha value is -1.63. The molecule has 0 radical (unpaired) electrons. The maximum Gasteiger partial charge on any atom is 0.318 e. The molecule has 6 nitrogen and oxygen atoms in total. The topological polar surface area (TPSA) is 85.5 Å². The Morgan fingerprint density at radius 3 is 2.62 bits per heavy atom. The Morgan fingerprint density at radius 2 is 2.00 bits per heavy atom. The third-order valence-corrected chi connectivity index (χ3v) is 3.65. The van der Waals surface area contributed by atoms with E-state index >= 15 is 0 Å². The molecule has 1 aromatic heterocycles. The molecular formula is C14H21NO5S. The zero-order chi connectivity index (χ0) is 15.7. The van der Waals surface area contributed by atoms with Crippen molar-refractivity contribution in [2.24, 2.45) is 0 Å². The molecule has 1 atom stereocenters. The number of hydrogen-bond donors (Lipinski definition) is 1. The van der Waals surface area contributed by atoms with Gasteiger partial charge >= 0.3 is 5.97 Å². The van der Waals surface area contributed by atoms with Crippen molar-refractivity contribution < 1.29 is 18.5 Å². The second kappa shape index (κ2) is 9.33. The van der Waals surface area contributed by atoms with E-state index in [0.29, 0.717) is 18.9 Å². The van der Waals surface area contributed by atoms with Crippen molar-refractivity contribution in [2.75, 3.05) is 19.0 Å². The first-order valence-electron chi connectivity index (χ1n) is 6.91. The minimum atomic E-state index is -1.41. The normalized spacial score (nSPS) is 11.9. The van der Waals surface area contributed by atoms with Crippen LogP contribution >= 0.6 is 0 Å². The second-order valence-corrected chi connectivity index (χ2v) is 5.94. The fourth-order valence-electron chi connectivity index (χ4n) is 1.52. The lowest BCUT2D eigenvalue weighted by atomic mass is 10.3. The highest BCUT2D eigenvalue weighted by atomic mass is 32.2. The molecule has 1 rings (SSSR count). The fraction of sp³-hybridized carbons (Fsp3) is 0.571. The van der Waals surface area contributed by atoms with Crippen LogP contribution in [-0.4, -0.2) is 34.1 Å². The van der Waals surface area contributed by atoms with E-state index < -0.39 is 16.8 Å². The molecule has 1 heterocycles. The lowest BCUT2D eigenvalue weighted by molar-refractivity contribution is -0.140. The van der Waals surface area contributed by atoms with Gasteiger partial charge in [0.25, 0.3) is 0 Å². The summed E-state index contributed by atoms with van der Waals surface area (Å²) >= 11 is 0. The maximum absolute atomic E-state index is 11.8. The lowest BCUT2D eigenvalue weighted by Gasteiger charge is -2.06. The molecule has 0 amide bonds. The van der Waals surface area contributed by atoms with Crippen LogP contribution < -0.4 is 10.2 Å². The number of carbonyl (C=O) groups excluding carboxylic acids is 1. The summed E-state index contributed by atoms with van der Waals surface area (Å²) in [5.41, 5.74) is 0.244. The van der Waals surface area contributed by atoms with Crippen LogP contribution in [0.25, 0.3) is 0 Å². The van der Waals surface area contributed by atoms with Gasteiger partial charge in [-0.2, -0.15) is 0 Å². The van der Waals surface area contributed by atoms with Crippen LogP contribution in [0.15, 0.2) is 17.1 Å². The summed E-state index contributed by atoms with van der Waals surface area (Å²) in [5, 5.41) is 0. The maximum atomic E-state index is 11.8. The van der Waals surface area contributed by atoms with Crippen LogP contribution in [0.3, 0.4) is 0 Å². The van der Waals surface area contributed by atoms with E-state index in [1.165, 1.54) is 12.3 Å². The minimum Gasteiger partial charge on any atom is -0.488 e. The Morgan fingerprint density at radius 1 is 1.29 bits per heavy atom. The number of aromatic amines is 1. The van der Waals surface area contributed by atoms with Gasteiger partial charge in [0.2, 0.25) is 5.43 Å². The van der Waals surface area contributed by atoms with E-state index in [1.54, 1.807) is 0 Å². The molecule has 0 fully saturated rings. The number of hydrogen-bond acceptors (Lipinski definition) is 5. The Balaban J connectivity index is 2.55. The van der Waals surface area contributed by atoms with Gasteiger partial charge in [-0.3, -0.25) is 13.8 Å². The Labute approximate surface area is 126 Å². The van der Waals surface area contributed by atoms with Gasteiger partial charge in [-0.1, -0.05) is 13.8 Å². The van der Waals surface area contributed by atoms with Gasteiger partial charge in [-0.25, -0.2) is 0 Å². The number of rotatable bonds is 9. The van der Waals surface area contributed by atoms with Crippen molar-refractivity contribution in [1.29, 1.82) is 0 Å². The molecule has 0 aromatic carbocycles. The third kappa shape index (κ3) is 6.57. The monoisotopic (exact) mass is 315 g/mol. The molecule has 0 aliphatic rings. The molecule has 1 unspecified atom stereocenters. The summed E-state index contributed by atoms with van der Waals surface area (Å²) < 4.78 is 21.9. The van der Waals surface area contributed by atoms with Crippen LogP contribution in [0.2, 0.25) is 0 Å². The van der Waals surface area contributed by atoms with Gasteiger partial charge in [0.15, 0.2) is 5.75 Å². The number of nitrogens with one attached hydrogen (secondary N) is 1. The molecule has 0 saturated heterocycles. The molecule has 0 aliphatic carbocycles. The van der Waals surface area contributed by atoms with Gasteiger partial charge in [0.1, 0.15) is 5.75 Å². The summed E-state index contributed by atoms with van der Waals surface area (Å²) in [6, 6.07) is 1.35. The Bertz CT molecular complexity index is 540. The summed E-state index contributed by atoms with van der Waals surface area (Å²) in [5.74, 6) is -0.310. The van der Waals surface area contributed by atoms with Crippen molar-refractivity contribution in [3.8, 4) is 5.75 Å². The highest BCUT2D eigenvalue weighted by Gasteiger charge is 2.11.